The third-order valence-corrected chi connectivity index (χ3v) is 3.83. The summed E-state index contributed by atoms with van der Waals surface area (Å²) in [6.45, 7) is 0.209. The van der Waals surface area contributed by atoms with Gasteiger partial charge in [-0.05, 0) is 6.42 Å². The minimum Gasteiger partial charge on any atom is -0.241 e. The summed E-state index contributed by atoms with van der Waals surface area (Å²) in [5, 5.41) is 0. The summed E-state index contributed by atoms with van der Waals surface area (Å²) < 4.78 is 246. The van der Waals surface area contributed by atoms with Gasteiger partial charge < -0.3 is 0 Å². The van der Waals surface area contributed by atoms with Crippen molar-refractivity contribution in [1.29, 1.82) is 0 Å². The Labute approximate surface area is 158 Å². The first-order valence-corrected chi connectivity index (χ1v) is 7.12. The van der Waals surface area contributed by atoms with Crippen LogP contribution in [0.2, 0.25) is 0 Å². The third kappa shape index (κ3) is 3.56. The maximum Gasteiger partial charge on any atom is 0.385 e. The maximum absolute atomic E-state index is 13.3. The van der Waals surface area contributed by atoms with Gasteiger partial charge in [-0.3, -0.25) is 0 Å². The SMILES string of the molecule is CCC(F)C(F)(F)C(F)(F)C(F)(F)C(F)(F)C(F)(F)C(F)(F)C(F)(F)C(F)(F)C(F)F. The van der Waals surface area contributed by atoms with E-state index in [4.69, 9.17) is 0 Å². The lowest BCUT2D eigenvalue weighted by atomic mass is 9.86. The molecule has 0 nitrogen and oxygen atoms in total. The Balaban J connectivity index is 6.84. The van der Waals surface area contributed by atoms with Crippen molar-refractivity contribution in [3.63, 3.8) is 0 Å². The van der Waals surface area contributed by atoms with Crippen LogP contribution >= 0.6 is 0 Å². The van der Waals surface area contributed by atoms with Gasteiger partial charge in [0.15, 0.2) is 6.17 Å². The second-order valence-electron chi connectivity index (χ2n) is 5.87. The summed E-state index contributed by atoms with van der Waals surface area (Å²) in [6, 6.07) is 0. The van der Waals surface area contributed by atoms with Gasteiger partial charge >= 0.3 is 53.8 Å². The van der Waals surface area contributed by atoms with E-state index in [2.05, 4.69) is 0 Å². The summed E-state index contributed by atoms with van der Waals surface area (Å²) in [4.78, 5) is 0. The van der Waals surface area contributed by atoms with Crippen LogP contribution in [0.4, 0.5) is 83.4 Å². The predicted molar refractivity (Wildman–Crippen MR) is 60.8 cm³/mol. The molecule has 0 bridgehead atoms. The molecule has 1 atom stereocenters. The van der Waals surface area contributed by atoms with Crippen molar-refractivity contribution >= 4 is 0 Å². The van der Waals surface area contributed by atoms with Crippen molar-refractivity contribution < 1.29 is 83.4 Å². The molecule has 0 aliphatic carbocycles. The summed E-state index contributed by atoms with van der Waals surface area (Å²) in [5.74, 6) is -65.7. The summed E-state index contributed by atoms with van der Waals surface area (Å²) in [6.07, 6.45) is -12.4. The molecular formula is C12H7F19. The van der Waals surface area contributed by atoms with E-state index in [0.717, 1.165) is 0 Å². The lowest BCUT2D eigenvalue weighted by Gasteiger charge is -2.43. The van der Waals surface area contributed by atoms with Crippen LogP contribution in [-0.2, 0) is 0 Å². The smallest absolute Gasteiger partial charge is 0.241 e. The zero-order valence-corrected chi connectivity index (χ0v) is 14.0. The maximum atomic E-state index is 13.3. The fraction of sp³-hybridized carbons (Fsp3) is 1.00. The Kier molecular flexibility index (Phi) is 7.29. The highest BCUT2D eigenvalue weighted by Gasteiger charge is 2.95. The molecule has 0 radical (unpaired) electrons. The highest BCUT2D eigenvalue weighted by atomic mass is 19.4. The second kappa shape index (κ2) is 7.62. The van der Waals surface area contributed by atoms with Gasteiger partial charge in [0.25, 0.3) is 0 Å². The van der Waals surface area contributed by atoms with Gasteiger partial charge in [0.2, 0.25) is 0 Å². The van der Waals surface area contributed by atoms with E-state index in [0.29, 0.717) is 0 Å². The van der Waals surface area contributed by atoms with Gasteiger partial charge in [-0.15, -0.1) is 0 Å². The summed E-state index contributed by atoms with van der Waals surface area (Å²) >= 11 is 0. The van der Waals surface area contributed by atoms with E-state index in [1.165, 1.54) is 0 Å². The molecule has 0 amide bonds. The first kappa shape index (κ1) is 29.7. The molecule has 0 aromatic heterocycles. The number of alkyl halides is 19. The number of rotatable bonds is 10. The molecule has 0 heterocycles. The molecule has 31 heavy (non-hydrogen) atoms. The van der Waals surface area contributed by atoms with Crippen LogP contribution in [0.15, 0.2) is 0 Å². The van der Waals surface area contributed by atoms with Gasteiger partial charge in [0.1, 0.15) is 0 Å². The lowest BCUT2D eigenvalue weighted by Crippen LogP contribution is -2.75. The topological polar surface area (TPSA) is 0 Å². The van der Waals surface area contributed by atoms with Crippen LogP contribution in [-0.4, -0.2) is 60.0 Å². The molecule has 0 spiro atoms. The molecule has 1 unspecified atom stereocenters. The molecule has 0 aromatic carbocycles. The minimum atomic E-state index is -8.80. The number of hydrogen-bond acceptors (Lipinski definition) is 0. The van der Waals surface area contributed by atoms with Crippen molar-refractivity contribution in [2.24, 2.45) is 0 Å². The Morgan fingerprint density at radius 2 is 0.645 bits per heavy atom. The molecule has 0 aliphatic rings. The highest BCUT2D eigenvalue weighted by molar-refractivity contribution is 5.16. The predicted octanol–water partition coefficient (Wildman–Crippen LogP) is 7.08. The molecule has 0 aromatic rings. The molecule has 0 saturated carbocycles. The Morgan fingerprint density at radius 3 is 0.871 bits per heavy atom. The van der Waals surface area contributed by atoms with Gasteiger partial charge in [-0.25, -0.2) is 13.2 Å². The number of halogens is 19. The lowest BCUT2D eigenvalue weighted by molar-refractivity contribution is -0.459. The zero-order chi connectivity index (χ0) is 25.9. The highest BCUT2D eigenvalue weighted by Crippen LogP contribution is 2.64. The van der Waals surface area contributed by atoms with Gasteiger partial charge in [-0.2, -0.15) is 70.2 Å². The quantitative estimate of drug-likeness (QED) is 0.275. The van der Waals surface area contributed by atoms with Crippen LogP contribution in [0.5, 0.6) is 0 Å². The second-order valence-corrected chi connectivity index (χ2v) is 5.87. The Morgan fingerprint density at radius 1 is 0.419 bits per heavy atom. The Bertz CT molecular complexity index is 632. The molecule has 19 heteroatoms. The van der Waals surface area contributed by atoms with E-state index in [1.807, 2.05) is 0 Å². The summed E-state index contributed by atoms with van der Waals surface area (Å²) in [7, 11) is 0. The van der Waals surface area contributed by atoms with Crippen LogP contribution in [0.25, 0.3) is 0 Å². The van der Waals surface area contributed by atoms with E-state index in [1.54, 1.807) is 0 Å². The molecule has 188 valence electrons. The average Bonchev–Trinajstić information content (AvgIpc) is 2.59. The average molecular weight is 512 g/mol. The third-order valence-electron chi connectivity index (χ3n) is 3.83. The van der Waals surface area contributed by atoms with Gasteiger partial charge in [0.05, 0.1) is 0 Å². The van der Waals surface area contributed by atoms with E-state index < -0.39 is 66.4 Å². The first-order chi connectivity index (χ1) is 13.2. The molecule has 0 aliphatic heterocycles. The van der Waals surface area contributed by atoms with Crippen molar-refractivity contribution in [2.75, 3.05) is 0 Å². The van der Waals surface area contributed by atoms with Crippen LogP contribution in [0.3, 0.4) is 0 Å². The largest absolute Gasteiger partial charge is 0.385 e. The van der Waals surface area contributed by atoms with Crippen molar-refractivity contribution in [1.82, 2.24) is 0 Å². The minimum absolute atomic E-state index is 0.209. The van der Waals surface area contributed by atoms with E-state index in [9.17, 15) is 83.4 Å². The standard InChI is InChI=1S/C12H7F19/c1-2-3(13)5(16,17)7(20,21)9(24,25)11(28,29)12(30,31)10(26,27)8(22,23)6(18,19)4(14)15/h3-4H,2H2,1H3. The van der Waals surface area contributed by atoms with Gasteiger partial charge in [0, 0.05) is 0 Å². The van der Waals surface area contributed by atoms with Gasteiger partial charge in [-0.1, -0.05) is 6.92 Å². The van der Waals surface area contributed by atoms with E-state index >= 15 is 0 Å². The fourth-order valence-corrected chi connectivity index (χ4v) is 1.80. The Hall–Kier alpha value is -1.33. The molecule has 0 N–H and O–H groups in total. The fourth-order valence-electron chi connectivity index (χ4n) is 1.80. The monoisotopic (exact) mass is 512 g/mol. The zero-order valence-electron chi connectivity index (χ0n) is 14.0. The molecule has 0 rings (SSSR count). The molecular weight excluding hydrogens is 505 g/mol. The first-order valence-electron chi connectivity index (χ1n) is 7.12. The van der Waals surface area contributed by atoms with Crippen LogP contribution in [0, 0.1) is 0 Å². The van der Waals surface area contributed by atoms with Crippen molar-refractivity contribution in [2.45, 2.75) is 73.3 Å². The van der Waals surface area contributed by atoms with Crippen molar-refractivity contribution in [3.8, 4) is 0 Å². The number of hydrogen-bond donors (Lipinski definition) is 0. The molecule has 0 saturated heterocycles. The normalized spacial score (nSPS) is 17.3. The van der Waals surface area contributed by atoms with E-state index in [-0.39, 0.29) is 6.92 Å². The van der Waals surface area contributed by atoms with Crippen LogP contribution in [0.1, 0.15) is 13.3 Å². The van der Waals surface area contributed by atoms with Crippen molar-refractivity contribution in [3.05, 3.63) is 0 Å². The molecule has 0 fully saturated rings. The summed E-state index contributed by atoms with van der Waals surface area (Å²) in [5.41, 5.74) is 0. The van der Waals surface area contributed by atoms with Crippen LogP contribution < -0.4 is 0 Å².